The third-order valence-corrected chi connectivity index (χ3v) is 2.44. The molecular weight excluding hydrogens is 276 g/mol. The van der Waals surface area contributed by atoms with Crippen LogP contribution in [0.1, 0.15) is 6.42 Å². The molecule has 0 spiro atoms. The van der Waals surface area contributed by atoms with Gasteiger partial charge in [0.15, 0.2) is 0 Å². The highest BCUT2D eigenvalue weighted by Gasteiger charge is 2.30. The van der Waals surface area contributed by atoms with Crippen LogP contribution < -0.4 is 16.3 Å². The number of nitrogens with one attached hydrogen (secondary N) is 3. The molecule has 21 heavy (non-hydrogen) atoms. The average molecular weight is 294 g/mol. The zero-order chi connectivity index (χ0) is 15.8. The van der Waals surface area contributed by atoms with Gasteiger partial charge in [0.1, 0.15) is 0 Å². The van der Waals surface area contributed by atoms with E-state index in [0.29, 0.717) is 19.5 Å². The molecule has 3 N–H and O–H groups in total. The first-order chi connectivity index (χ1) is 10.0. The summed E-state index contributed by atoms with van der Waals surface area (Å²) in [4.78, 5) is 34.3. The van der Waals surface area contributed by atoms with Crippen LogP contribution in [-0.4, -0.2) is 46.3 Å². The molecule has 0 bridgehead atoms. The van der Waals surface area contributed by atoms with Gasteiger partial charge in [-0.25, -0.2) is 0 Å². The Labute approximate surface area is 122 Å². The molecule has 1 saturated heterocycles. The number of hydrogen-bond acceptors (Lipinski definition) is 6. The van der Waals surface area contributed by atoms with E-state index in [0.717, 1.165) is 18.2 Å². The van der Waals surface area contributed by atoms with Crippen molar-refractivity contribution in [2.45, 2.75) is 6.42 Å². The molecule has 3 amide bonds. The highest BCUT2D eigenvalue weighted by atomic mass is 16.2. The Morgan fingerprint density at radius 1 is 0.762 bits per heavy atom. The lowest BCUT2D eigenvalue weighted by Crippen LogP contribution is -2.71. The lowest BCUT2D eigenvalue weighted by atomic mass is 10.4. The number of nitrogens with zero attached hydrogens (tertiary/aromatic N) is 3. The summed E-state index contributed by atoms with van der Waals surface area (Å²) in [7, 11) is 0. The lowest BCUT2D eigenvalue weighted by Gasteiger charge is -2.43. The molecule has 0 radical (unpaired) electrons. The first-order valence-corrected chi connectivity index (χ1v) is 6.16. The van der Waals surface area contributed by atoms with E-state index in [-0.39, 0.29) is 0 Å². The number of hydrazine groups is 5. The van der Waals surface area contributed by atoms with Gasteiger partial charge in [-0.05, 0) is 29.9 Å². The van der Waals surface area contributed by atoms with Crippen molar-refractivity contribution >= 4 is 17.7 Å². The zero-order valence-electron chi connectivity index (χ0n) is 11.5. The number of carbonyl (C=O) groups is 3. The summed E-state index contributed by atoms with van der Waals surface area (Å²) in [5.41, 5.74) is 7.47. The van der Waals surface area contributed by atoms with Gasteiger partial charge in [0.25, 0.3) is 17.7 Å². The van der Waals surface area contributed by atoms with E-state index in [1.807, 2.05) is 0 Å². The third kappa shape index (κ3) is 4.84. The van der Waals surface area contributed by atoms with Crippen molar-refractivity contribution in [1.82, 2.24) is 31.7 Å². The summed E-state index contributed by atoms with van der Waals surface area (Å²) in [6, 6.07) is 0. The minimum atomic E-state index is -0.507. The van der Waals surface area contributed by atoms with E-state index in [9.17, 15) is 14.4 Å². The molecule has 1 aliphatic heterocycles. The zero-order valence-corrected chi connectivity index (χ0v) is 11.5. The lowest BCUT2D eigenvalue weighted by molar-refractivity contribution is -0.275. The minimum absolute atomic E-state index is 0.428. The average Bonchev–Trinajstić information content (AvgIpc) is 2.49. The van der Waals surface area contributed by atoms with Gasteiger partial charge in [-0.1, -0.05) is 19.7 Å². The number of amides is 3. The smallest absolute Gasteiger partial charge is 0.259 e. The van der Waals surface area contributed by atoms with Crippen molar-refractivity contribution in [3.05, 3.63) is 38.0 Å². The fraction of sp³-hybridized carbons (Fsp3) is 0.250. The maximum absolute atomic E-state index is 11.5. The van der Waals surface area contributed by atoms with E-state index in [4.69, 9.17) is 0 Å². The normalized spacial score (nSPS) is 16.6. The van der Waals surface area contributed by atoms with Crippen molar-refractivity contribution in [2.24, 2.45) is 0 Å². The minimum Gasteiger partial charge on any atom is -0.269 e. The maximum atomic E-state index is 11.5. The quantitative estimate of drug-likeness (QED) is 0.531. The van der Waals surface area contributed by atoms with Gasteiger partial charge in [0, 0.05) is 13.1 Å². The molecule has 0 aromatic rings. The van der Waals surface area contributed by atoms with Crippen LogP contribution in [0.3, 0.4) is 0 Å². The van der Waals surface area contributed by atoms with Gasteiger partial charge >= 0.3 is 0 Å². The fourth-order valence-electron chi connectivity index (χ4n) is 1.51. The molecule has 0 aromatic carbocycles. The first kappa shape index (κ1) is 16.6. The highest BCUT2D eigenvalue weighted by Crippen LogP contribution is 2.06. The highest BCUT2D eigenvalue weighted by molar-refractivity contribution is 5.87. The van der Waals surface area contributed by atoms with Crippen molar-refractivity contribution < 1.29 is 14.4 Å². The van der Waals surface area contributed by atoms with Crippen LogP contribution >= 0.6 is 0 Å². The number of hydrogen-bond donors (Lipinski definition) is 3. The van der Waals surface area contributed by atoms with Crippen LogP contribution in [0.15, 0.2) is 38.0 Å². The van der Waals surface area contributed by atoms with Gasteiger partial charge in [-0.15, -0.1) is 10.2 Å². The molecule has 0 saturated carbocycles. The summed E-state index contributed by atoms with van der Waals surface area (Å²) in [5.74, 6) is -1.41. The Balaban J connectivity index is 2.88. The Bertz CT molecular complexity index is 434. The van der Waals surface area contributed by atoms with Crippen LogP contribution in [0, 0.1) is 0 Å². The summed E-state index contributed by atoms with van der Waals surface area (Å²) in [6.07, 6.45) is 3.88. The first-order valence-electron chi connectivity index (χ1n) is 6.16. The van der Waals surface area contributed by atoms with Gasteiger partial charge in [0.2, 0.25) is 0 Å². The predicted octanol–water partition coefficient (Wildman–Crippen LogP) is -1.22. The van der Waals surface area contributed by atoms with Gasteiger partial charge in [-0.2, -0.15) is 0 Å². The van der Waals surface area contributed by atoms with E-state index in [1.54, 1.807) is 0 Å². The standard InChI is InChI=1S/C12H18N6O3/c1-4-10(19)13-16-8-7-9-17(14-11(20)5-2)18(16)15-12(21)6-3/h4-6H,1-3,7-9H2,(H,13,19)(H,14,20)(H,15,21). The van der Waals surface area contributed by atoms with Crippen LogP contribution in [0.25, 0.3) is 0 Å². The monoisotopic (exact) mass is 294 g/mol. The molecule has 0 atom stereocenters. The van der Waals surface area contributed by atoms with E-state index in [2.05, 4.69) is 36.0 Å². The molecule has 1 rings (SSSR count). The fourth-order valence-corrected chi connectivity index (χ4v) is 1.51. The van der Waals surface area contributed by atoms with Crippen LogP contribution in [0.5, 0.6) is 0 Å². The van der Waals surface area contributed by atoms with Gasteiger partial charge in [-0.3, -0.25) is 30.7 Å². The molecule has 0 aliphatic carbocycles. The summed E-state index contributed by atoms with van der Waals surface area (Å²) < 4.78 is 0. The van der Waals surface area contributed by atoms with Crippen molar-refractivity contribution in [1.29, 1.82) is 0 Å². The molecule has 9 heteroatoms. The van der Waals surface area contributed by atoms with Crippen LogP contribution in [-0.2, 0) is 14.4 Å². The molecular formula is C12H18N6O3. The van der Waals surface area contributed by atoms with Crippen molar-refractivity contribution in [3.8, 4) is 0 Å². The molecule has 1 fully saturated rings. The van der Waals surface area contributed by atoms with Crippen molar-refractivity contribution in [3.63, 3.8) is 0 Å². The largest absolute Gasteiger partial charge is 0.269 e. The third-order valence-electron chi connectivity index (χ3n) is 2.44. The number of carbonyl (C=O) groups excluding carboxylic acids is 3. The van der Waals surface area contributed by atoms with Crippen LogP contribution in [0.4, 0.5) is 0 Å². The summed E-state index contributed by atoms with van der Waals surface area (Å²) in [6.45, 7) is 10.9. The topological polar surface area (TPSA) is 97.0 Å². The Morgan fingerprint density at radius 2 is 1.14 bits per heavy atom. The van der Waals surface area contributed by atoms with Gasteiger partial charge < -0.3 is 0 Å². The Morgan fingerprint density at radius 3 is 1.52 bits per heavy atom. The molecule has 0 aromatic heterocycles. The van der Waals surface area contributed by atoms with Gasteiger partial charge in [0.05, 0.1) is 0 Å². The second kappa shape index (κ2) is 7.94. The molecule has 114 valence electrons. The summed E-state index contributed by atoms with van der Waals surface area (Å²) in [5, 5.41) is 3.84. The Hall–Kier alpha value is -2.49. The van der Waals surface area contributed by atoms with E-state index < -0.39 is 17.7 Å². The predicted molar refractivity (Wildman–Crippen MR) is 74.9 cm³/mol. The molecule has 9 nitrogen and oxygen atoms in total. The van der Waals surface area contributed by atoms with Crippen LogP contribution in [0.2, 0.25) is 0 Å². The SMILES string of the molecule is C=CC(=O)NN1CCCN(NC(=O)C=C)N1NC(=O)C=C. The van der Waals surface area contributed by atoms with Crippen molar-refractivity contribution in [2.75, 3.05) is 13.1 Å². The molecule has 1 aliphatic rings. The van der Waals surface area contributed by atoms with E-state index >= 15 is 0 Å². The second-order valence-corrected chi connectivity index (χ2v) is 3.93. The Kier molecular flexibility index (Phi) is 6.27. The number of rotatable bonds is 6. The molecule has 0 unspecified atom stereocenters. The second-order valence-electron chi connectivity index (χ2n) is 3.93. The maximum Gasteiger partial charge on any atom is 0.259 e. The summed E-state index contributed by atoms with van der Waals surface area (Å²) >= 11 is 0. The van der Waals surface area contributed by atoms with E-state index in [1.165, 1.54) is 15.5 Å². The molecule has 1 heterocycles.